The van der Waals surface area contributed by atoms with Crippen LogP contribution in [0.5, 0.6) is 0 Å². The molecule has 14 heteroatoms. The molecular weight excluding hydrogens is 813 g/mol. The van der Waals surface area contributed by atoms with Gasteiger partial charge < -0.3 is 42.5 Å². The Balaban J connectivity index is 0.000000845. The molecule has 1 heterocycles. The fraction of sp³-hybridized carbons (Fsp3) is 0.312. The highest BCUT2D eigenvalue weighted by Gasteiger charge is 2.53. The van der Waals surface area contributed by atoms with Gasteiger partial charge in [-0.05, 0) is 79.4 Å². The molecule has 1 saturated heterocycles. The Morgan fingerprint density at radius 2 is 0.952 bits per heavy atom. The topological polar surface area (TPSA) is 160 Å². The van der Waals surface area contributed by atoms with Crippen LogP contribution in [0.25, 0.3) is 11.1 Å². The Hall–Kier alpha value is -5.50. The molecule has 13 nitrogen and oxygen atoms in total. The Morgan fingerprint density at radius 3 is 1.37 bits per heavy atom. The highest BCUT2D eigenvalue weighted by Crippen LogP contribution is 2.48. The minimum Gasteiger partial charge on any atom is -0.756 e. The largest absolute Gasteiger partial charge is 0.756 e. The van der Waals surface area contributed by atoms with Crippen molar-refractivity contribution in [3.63, 3.8) is 0 Å². The number of carbonyl (C=O) groups is 3. The lowest BCUT2D eigenvalue weighted by atomic mass is 9.97. The van der Waals surface area contributed by atoms with Gasteiger partial charge in [-0.15, -0.1) is 0 Å². The van der Waals surface area contributed by atoms with E-state index in [-0.39, 0.29) is 29.2 Å². The molecule has 0 aromatic heterocycles. The van der Waals surface area contributed by atoms with Gasteiger partial charge >= 0.3 is 17.9 Å². The van der Waals surface area contributed by atoms with Gasteiger partial charge in [0.15, 0.2) is 24.6 Å². The summed E-state index contributed by atoms with van der Waals surface area (Å²) in [7, 11) is -3.80. The van der Waals surface area contributed by atoms with Gasteiger partial charge in [0.2, 0.25) is 0 Å². The maximum atomic E-state index is 13.6. The molecule has 1 aliphatic heterocycles. The molecule has 7 rings (SSSR count). The maximum Gasteiger partial charge on any atom is 0.338 e. The summed E-state index contributed by atoms with van der Waals surface area (Å²) < 4.78 is 53.7. The normalized spacial score (nSPS) is 20.1. The SMILES string of the molecule is CC[NH+](CC)CC.CO[C@H]1O[C@H](COP(=O)([O-])OCC2c3ccccc3-c3ccccc32)[C@@H](OC(=O)c2ccccc2)[C@H](OC(=O)c2ccccc2)[C@H]1OC(=O)c1ccccc1. The Bertz CT molecular complexity index is 2220. The smallest absolute Gasteiger partial charge is 0.338 e. The van der Waals surface area contributed by atoms with E-state index >= 15 is 0 Å². The molecule has 326 valence electrons. The molecule has 0 radical (unpaired) electrons. The van der Waals surface area contributed by atoms with Crippen LogP contribution in [0.1, 0.15) is 68.9 Å². The molecular formula is C48H52NO12P. The van der Waals surface area contributed by atoms with Crippen LogP contribution in [-0.2, 0) is 37.3 Å². The monoisotopic (exact) mass is 865 g/mol. The Morgan fingerprint density at radius 1 is 0.565 bits per heavy atom. The fourth-order valence-corrected chi connectivity index (χ4v) is 8.19. The minimum absolute atomic E-state index is 0.136. The van der Waals surface area contributed by atoms with Crippen molar-refractivity contribution >= 4 is 25.7 Å². The highest BCUT2D eigenvalue weighted by molar-refractivity contribution is 7.45. The van der Waals surface area contributed by atoms with Crippen LogP contribution in [-0.4, -0.2) is 88.6 Å². The molecule has 1 fully saturated rings. The third kappa shape index (κ3) is 11.5. The van der Waals surface area contributed by atoms with Crippen LogP contribution in [0.15, 0.2) is 140 Å². The molecule has 2 aliphatic rings. The number of phosphoric ester groups is 1. The first-order valence-electron chi connectivity index (χ1n) is 20.7. The van der Waals surface area contributed by atoms with Gasteiger partial charge in [-0.25, -0.2) is 14.4 Å². The van der Waals surface area contributed by atoms with Crippen LogP contribution in [0, 0.1) is 0 Å². The molecule has 6 atom stereocenters. The summed E-state index contributed by atoms with van der Waals surface area (Å²) in [6.45, 7) is 9.48. The van der Waals surface area contributed by atoms with E-state index in [0.29, 0.717) is 0 Å². The number of ether oxygens (including phenoxy) is 5. The lowest BCUT2D eigenvalue weighted by Crippen LogP contribution is -3.11. The second-order valence-electron chi connectivity index (χ2n) is 14.6. The molecule has 5 aromatic rings. The van der Waals surface area contributed by atoms with Crippen LogP contribution in [0.4, 0.5) is 0 Å². The number of rotatable bonds is 16. The zero-order valence-electron chi connectivity index (χ0n) is 35.1. The van der Waals surface area contributed by atoms with E-state index in [0.717, 1.165) is 22.3 Å². The number of esters is 3. The number of fused-ring (bicyclic) bond motifs is 3. The molecule has 0 amide bonds. The summed E-state index contributed by atoms with van der Waals surface area (Å²) in [5, 5.41) is 0. The lowest BCUT2D eigenvalue weighted by molar-refractivity contribution is -0.894. The molecule has 1 N–H and O–H groups in total. The van der Waals surface area contributed by atoms with Crippen LogP contribution < -0.4 is 9.79 Å². The lowest BCUT2D eigenvalue weighted by Gasteiger charge is -2.44. The number of methoxy groups -OCH3 is 1. The van der Waals surface area contributed by atoms with Crippen molar-refractivity contribution in [2.75, 3.05) is 40.0 Å². The fourth-order valence-electron chi connectivity index (χ4n) is 7.46. The maximum absolute atomic E-state index is 13.6. The predicted molar refractivity (Wildman–Crippen MR) is 228 cm³/mol. The first-order chi connectivity index (χ1) is 30.1. The van der Waals surface area contributed by atoms with E-state index in [9.17, 15) is 23.8 Å². The van der Waals surface area contributed by atoms with Gasteiger partial charge in [0, 0.05) is 13.0 Å². The Kier molecular flexibility index (Phi) is 16.4. The van der Waals surface area contributed by atoms with Crippen molar-refractivity contribution in [3.05, 3.63) is 167 Å². The summed E-state index contributed by atoms with van der Waals surface area (Å²) in [4.78, 5) is 55.6. The van der Waals surface area contributed by atoms with E-state index < -0.39 is 63.0 Å². The molecule has 1 unspecified atom stereocenters. The molecule has 0 saturated carbocycles. The van der Waals surface area contributed by atoms with Crippen molar-refractivity contribution in [1.82, 2.24) is 0 Å². The first kappa shape index (κ1) is 46.0. The van der Waals surface area contributed by atoms with Gasteiger partial charge in [0.1, 0.15) is 6.10 Å². The zero-order chi connectivity index (χ0) is 44.1. The third-order valence-corrected chi connectivity index (χ3v) is 11.8. The van der Waals surface area contributed by atoms with Crippen LogP contribution >= 0.6 is 7.82 Å². The zero-order valence-corrected chi connectivity index (χ0v) is 36.0. The average Bonchev–Trinajstić information content (AvgIpc) is 3.64. The van der Waals surface area contributed by atoms with Gasteiger partial charge in [-0.1, -0.05) is 103 Å². The number of hydrogen-bond donors (Lipinski definition) is 1. The second-order valence-corrected chi connectivity index (χ2v) is 16.0. The van der Waals surface area contributed by atoms with Crippen molar-refractivity contribution in [2.45, 2.75) is 57.4 Å². The highest BCUT2D eigenvalue weighted by atomic mass is 31.2. The third-order valence-electron chi connectivity index (χ3n) is 10.8. The van der Waals surface area contributed by atoms with Crippen LogP contribution in [0.3, 0.4) is 0 Å². The summed E-state index contributed by atoms with van der Waals surface area (Å²) in [6.07, 6.45) is -7.57. The van der Waals surface area contributed by atoms with Crippen LogP contribution in [0.2, 0.25) is 0 Å². The molecule has 5 aromatic carbocycles. The summed E-state index contributed by atoms with van der Waals surface area (Å²) in [6, 6.07) is 39.4. The van der Waals surface area contributed by atoms with E-state index in [1.807, 2.05) is 48.5 Å². The first-order valence-corrected chi connectivity index (χ1v) is 22.1. The molecule has 62 heavy (non-hydrogen) atoms. The van der Waals surface area contributed by atoms with Gasteiger partial charge in [0.25, 0.3) is 7.82 Å². The average molecular weight is 866 g/mol. The Labute approximate surface area is 362 Å². The number of benzene rings is 5. The molecule has 0 spiro atoms. The van der Waals surface area contributed by atoms with Crippen molar-refractivity contribution in [3.8, 4) is 11.1 Å². The molecule has 1 aliphatic carbocycles. The van der Waals surface area contributed by atoms with Crippen molar-refractivity contribution < 1.29 is 61.5 Å². The van der Waals surface area contributed by atoms with Crippen molar-refractivity contribution in [1.29, 1.82) is 0 Å². The van der Waals surface area contributed by atoms with E-state index in [1.165, 1.54) is 63.1 Å². The van der Waals surface area contributed by atoms with Gasteiger partial charge in [-0.3, -0.25) is 4.57 Å². The molecule has 0 bridgehead atoms. The van der Waals surface area contributed by atoms with E-state index in [2.05, 4.69) is 20.8 Å². The van der Waals surface area contributed by atoms with Crippen molar-refractivity contribution in [2.24, 2.45) is 0 Å². The van der Waals surface area contributed by atoms with E-state index in [4.69, 9.17) is 32.7 Å². The minimum atomic E-state index is -5.06. The van der Waals surface area contributed by atoms with Gasteiger partial charge in [0.05, 0.1) is 49.5 Å². The quantitative estimate of drug-likeness (QED) is 0.0673. The summed E-state index contributed by atoms with van der Waals surface area (Å²) in [5.74, 6) is -2.90. The standard InChI is InChI=1S/C42H37O12P.C6H15N/c1-48-42-38(54-41(45)29-19-9-4-10-20-29)37(53-40(44)28-17-7-3-8-18-28)36(52-39(43)27-15-5-2-6-16-27)35(51-42)26-50-55(46,47)49-25-34-32-23-13-11-21-30(32)31-22-12-14-24-33(31)34;1-4-7(5-2)6-3/h2-24,34-38,42H,25-26H2,1H3,(H,46,47);4-6H2,1-3H3/t35-,36-,37+,38-,42+;/m1./s1. The second kappa shape index (κ2) is 22.0. The number of carbonyl (C=O) groups excluding carboxylic acids is 3. The number of hydrogen-bond acceptors (Lipinski definition) is 12. The number of phosphoric acid groups is 1. The van der Waals surface area contributed by atoms with E-state index in [1.54, 1.807) is 59.5 Å². The summed E-state index contributed by atoms with van der Waals surface area (Å²) in [5.41, 5.74) is 4.24. The predicted octanol–water partition coefficient (Wildman–Crippen LogP) is 6.28. The van der Waals surface area contributed by atoms with Gasteiger partial charge in [-0.2, -0.15) is 0 Å². The number of nitrogens with one attached hydrogen (secondary N) is 1. The number of quaternary nitrogens is 1. The summed E-state index contributed by atoms with van der Waals surface area (Å²) >= 11 is 0.